The van der Waals surface area contributed by atoms with Gasteiger partial charge in [0, 0.05) is 13.1 Å². The van der Waals surface area contributed by atoms with Gasteiger partial charge in [-0.1, -0.05) is 42.5 Å². The lowest BCUT2D eigenvalue weighted by atomic mass is 10.1. The Morgan fingerprint density at radius 1 is 1.08 bits per heavy atom. The van der Waals surface area contributed by atoms with E-state index in [1.807, 2.05) is 54.6 Å². The smallest absolute Gasteiger partial charge is 0.241 e. The van der Waals surface area contributed by atoms with Gasteiger partial charge in [-0.25, -0.2) is 0 Å². The van der Waals surface area contributed by atoms with Crippen LogP contribution in [0.2, 0.25) is 0 Å². The second-order valence-electron chi connectivity index (χ2n) is 5.90. The van der Waals surface area contributed by atoms with Gasteiger partial charge < -0.3 is 20.7 Å². The van der Waals surface area contributed by atoms with Crippen LogP contribution in [0, 0.1) is 0 Å². The Bertz CT molecular complexity index is 669. The van der Waals surface area contributed by atoms with Crippen molar-refractivity contribution in [2.45, 2.75) is 12.5 Å². The summed E-state index contributed by atoms with van der Waals surface area (Å²) in [5.41, 5.74) is 8.95. The van der Waals surface area contributed by atoms with E-state index in [2.05, 4.69) is 10.2 Å². The summed E-state index contributed by atoms with van der Waals surface area (Å²) in [5, 5.41) is 2.98. The molecule has 0 radical (unpaired) electrons. The van der Waals surface area contributed by atoms with E-state index in [4.69, 9.17) is 10.5 Å². The average Bonchev–Trinajstić information content (AvgIpc) is 2.63. The number of carbonyl (C=O) groups is 1. The number of nitrogens with zero attached hydrogens (tertiary/aromatic N) is 1. The van der Waals surface area contributed by atoms with Gasteiger partial charge in [-0.05, 0) is 24.1 Å². The number of para-hydroxylation sites is 2. The Morgan fingerprint density at radius 2 is 1.75 bits per heavy atom. The number of ether oxygens (including phenoxy) is 1. The van der Waals surface area contributed by atoms with Crippen LogP contribution >= 0.6 is 0 Å². The fourth-order valence-electron chi connectivity index (χ4n) is 2.85. The summed E-state index contributed by atoms with van der Waals surface area (Å²) in [6.07, 6.45) is 0.520. The van der Waals surface area contributed by atoms with Crippen molar-refractivity contribution in [3.63, 3.8) is 0 Å². The molecular formula is C19H23N3O2. The Hall–Kier alpha value is -2.37. The van der Waals surface area contributed by atoms with Gasteiger partial charge in [-0.15, -0.1) is 0 Å². The maximum absolute atomic E-state index is 12.5. The minimum absolute atomic E-state index is 0.167. The standard InChI is InChI=1S/C19H23N3O2/c20-16(14-15-6-2-1-3-7-15)19(23)21-17-8-4-5-9-18(17)22-10-12-24-13-11-22/h1-9,16H,10-14,20H2,(H,21,23). The lowest BCUT2D eigenvalue weighted by Gasteiger charge is -2.30. The molecule has 2 aromatic rings. The first-order valence-electron chi connectivity index (χ1n) is 8.26. The number of anilines is 2. The number of hydrogen-bond acceptors (Lipinski definition) is 4. The molecule has 3 N–H and O–H groups in total. The Labute approximate surface area is 142 Å². The summed E-state index contributed by atoms with van der Waals surface area (Å²) in [7, 11) is 0. The molecule has 1 fully saturated rings. The van der Waals surface area contributed by atoms with E-state index in [0.717, 1.165) is 30.0 Å². The highest BCUT2D eigenvalue weighted by Crippen LogP contribution is 2.26. The molecule has 0 aromatic heterocycles. The van der Waals surface area contributed by atoms with Crippen LogP contribution in [-0.4, -0.2) is 38.3 Å². The number of carbonyl (C=O) groups excluding carboxylic acids is 1. The summed E-state index contributed by atoms with van der Waals surface area (Å²) >= 11 is 0. The van der Waals surface area contributed by atoms with Gasteiger partial charge in [0.1, 0.15) is 0 Å². The fourth-order valence-corrected chi connectivity index (χ4v) is 2.85. The summed E-state index contributed by atoms with van der Waals surface area (Å²) in [6, 6.07) is 17.1. The van der Waals surface area contributed by atoms with Crippen molar-refractivity contribution < 1.29 is 9.53 Å². The molecule has 1 aliphatic heterocycles. The average molecular weight is 325 g/mol. The summed E-state index contributed by atoms with van der Waals surface area (Å²) in [4.78, 5) is 14.7. The lowest BCUT2D eigenvalue weighted by molar-refractivity contribution is -0.117. The minimum Gasteiger partial charge on any atom is -0.378 e. The number of morpholine rings is 1. The Balaban J connectivity index is 1.67. The molecule has 1 aliphatic rings. The zero-order valence-electron chi connectivity index (χ0n) is 13.7. The molecule has 3 rings (SSSR count). The molecule has 24 heavy (non-hydrogen) atoms. The highest BCUT2D eigenvalue weighted by Gasteiger charge is 2.18. The zero-order valence-corrected chi connectivity index (χ0v) is 13.7. The van der Waals surface area contributed by atoms with Crippen molar-refractivity contribution in [1.82, 2.24) is 0 Å². The van der Waals surface area contributed by atoms with Crippen molar-refractivity contribution in [2.75, 3.05) is 36.5 Å². The highest BCUT2D eigenvalue weighted by molar-refractivity contribution is 5.97. The molecule has 1 heterocycles. The molecule has 1 amide bonds. The van der Waals surface area contributed by atoms with Gasteiger partial charge in [0.2, 0.25) is 5.91 Å². The monoisotopic (exact) mass is 325 g/mol. The largest absolute Gasteiger partial charge is 0.378 e. The molecule has 0 spiro atoms. The SMILES string of the molecule is NC(Cc1ccccc1)C(=O)Nc1ccccc1N1CCOCC1. The van der Waals surface area contributed by atoms with Gasteiger partial charge >= 0.3 is 0 Å². The number of rotatable bonds is 5. The van der Waals surface area contributed by atoms with Crippen LogP contribution in [0.15, 0.2) is 54.6 Å². The van der Waals surface area contributed by atoms with Gasteiger partial charge in [0.15, 0.2) is 0 Å². The first kappa shape index (κ1) is 16.5. The van der Waals surface area contributed by atoms with E-state index in [1.54, 1.807) is 0 Å². The van der Waals surface area contributed by atoms with Crippen LogP contribution < -0.4 is 16.0 Å². The molecule has 1 unspecified atom stereocenters. The van der Waals surface area contributed by atoms with Crippen LogP contribution in [0.3, 0.4) is 0 Å². The number of nitrogens with two attached hydrogens (primary N) is 1. The van der Waals surface area contributed by atoms with Gasteiger partial charge in [0.25, 0.3) is 0 Å². The summed E-state index contributed by atoms with van der Waals surface area (Å²) in [6.45, 7) is 3.05. The highest BCUT2D eigenvalue weighted by atomic mass is 16.5. The molecule has 126 valence electrons. The molecule has 5 nitrogen and oxygen atoms in total. The van der Waals surface area contributed by atoms with E-state index in [9.17, 15) is 4.79 Å². The second kappa shape index (κ2) is 7.95. The quantitative estimate of drug-likeness (QED) is 0.883. The first-order chi connectivity index (χ1) is 11.7. The third-order valence-electron chi connectivity index (χ3n) is 4.15. The fraction of sp³-hybridized carbons (Fsp3) is 0.316. The molecule has 0 saturated carbocycles. The predicted octanol–water partition coefficient (Wildman–Crippen LogP) is 2.03. The van der Waals surface area contributed by atoms with E-state index >= 15 is 0 Å². The number of benzene rings is 2. The predicted molar refractivity (Wildman–Crippen MR) is 96.2 cm³/mol. The van der Waals surface area contributed by atoms with Crippen LogP contribution in [0.4, 0.5) is 11.4 Å². The molecule has 5 heteroatoms. The number of hydrogen-bond donors (Lipinski definition) is 2. The summed E-state index contributed by atoms with van der Waals surface area (Å²) < 4.78 is 5.40. The van der Waals surface area contributed by atoms with Crippen molar-refractivity contribution in [3.05, 3.63) is 60.2 Å². The van der Waals surface area contributed by atoms with Gasteiger partial charge in [-0.3, -0.25) is 4.79 Å². The van der Waals surface area contributed by atoms with Gasteiger partial charge in [0.05, 0.1) is 30.6 Å². The molecule has 1 saturated heterocycles. The summed E-state index contributed by atoms with van der Waals surface area (Å²) in [5.74, 6) is -0.167. The lowest BCUT2D eigenvalue weighted by Crippen LogP contribution is -2.39. The number of nitrogens with one attached hydrogen (secondary N) is 1. The van der Waals surface area contributed by atoms with E-state index in [1.165, 1.54) is 0 Å². The van der Waals surface area contributed by atoms with E-state index in [0.29, 0.717) is 19.6 Å². The van der Waals surface area contributed by atoms with Gasteiger partial charge in [-0.2, -0.15) is 0 Å². The second-order valence-corrected chi connectivity index (χ2v) is 5.90. The Kier molecular flexibility index (Phi) is 5.46. The maximum atomic E-state index is 12.5. The van der Waals surface area contributed by atoms with Crippen LogP contribution in [-0.2, 0) is 16.0 Å². The van der Waals surface area contributed by atoms with Crippen molar-refractivity contribution in [3.8, 4) is 0 Å². The Morgan fingerprint density at radius 3 is 2.50 bits per heavy atom. The molecule has 0 bridgehead atoms. The third kappa shape index (κ3) is 4.13. The van der Waals surface area contributed by atoms with Crippen molar-refractivity contribution in [1.29, 1.82) is 0 Å². The third-order valence-corrected chi connectivity index (χ3v) is 4.15. The van der Waals surface area contributed by atoms with Crippen molar-refractivity contribution >= 4 is 17.3 Å². The van der Waals surface area contributed by atoms with E-state index in [-0.39, 0.29) is 5.91 Å². The normalized spacial score (nSPS) is 15.8. The van der Waals surface area contributed by atoms with Crippen LogP contribution in [0.5, 0.6) is 0 Å². The topological polar surface area (TPSA) is 67.6 Å². The minimum atomic E-state index is -0.579. The number of amides is 1. The molecule has 0 aliphatic carbocycles. The maximum Gasteiger partial charge on any atom is 0.241 e. The molecule has 1 atom stereocenters. The molecule has 2 aromatic carbocycles. The van der Waals surface area contributed by atoms with Crippen molar-refractivity contribution in [2.24, 2.45) is 5.73 Å². The van der Waals surface area contributed by atoms with Crippen LogP contribution in [0.1, 0.15) is 5.56 Å². The van der Waals surface area contributed by atoms with Crippen LogP contribution in [0.25, 0.3) is 0 Å². The zero-order chi connectivity index (χ0) is 16.8. The first-order valence-corrected chi connectivity index (χ1v) is 8.26. The van der Waals surface area contributed by atoms with E-state index < -0.39 is 6.04 Å². The molecular weight excluding hydrogens is 302 g/mol.